The molecule has 1 N–H and O–H groups in total. The van der Waals surface area contributed by atoms with E-state index in [1.165, 1.54) is 12.5 Å². The van der Waals surface area contributed by atoms with Gasteiger partial charge in [0.1, 0.15) is 5.49 Å². The molecule has 5 nitrogen and oxygen atoms in total. The highest BCUT2D eigenvalue weighted by Crippen LogP contribution is 2.04. The minimum Gasteiger partial charge on any atom is -0.356 e. The average Bonchev–Trinajstić information content (AvgIpc) is 2.51. The smallest absolute Gasteiger partial charge is 0.249 e. The molecule has 0 aliphatic carbocycles. The number of hydrogen-bond donors (Lipinski definition) is 1. The van der Waals surface area contributed by atoms with Gasteiger partial charge in [0.05, 0.1) is 0 Å². The van der Waals surface area contributed by atoms with E-state index in [9.17, 15) is 9.59 Å². The molecule has 120 valence electrons. The van der Waals surface area contributed by atoms with Crippen molar-refractivity contribution < 1.29 is 9.59 Å². The summed E-state index contributed by atoms with van der Waals surface area (Å²) in [6.45, 7) is 4.43. The first-order valence-corrected chi connectivity index (χ1v) is 7.57. The van der Waals surface area contributed by atoms with Crippen LogP contribution in [0.3, 0.4) is 0 Å². The number of nitrogens with one attached hydrogen (secondary N) is 1. The second-order valence-corrected chi connectivity index (χ2v) is 5.41. The van der Waals surface area contributed by atoms with Crippen molar-refractivity contribution in [3.63, 3.8) is 0 Å². The lowest BCUT2D eigenvalue weighted by Gasteiger charge is -2.08. The van der Waals surface area contributed by atoms with Crippen LogP contribution in [0.5, 0.6) is 0 Å². The number of carbonyl (C=O) groups excluding carboxylic acids is 2. The van der Waals surface area contributed by atoms with E-state index in [-0.39, 0.29) is 18.2 Å². The summed E-state index contributed by atoms with van der Waals surface area (Å²) >= 11 is 0. The molecular weight excluding hydrogens is 290 g/mol. The molecule has 2 amide bonds. The van der Waals surface area contributed by atoms with Crippen LogP contribution in [0.4, 0.5) is 0 Å². The highest BCUT2D eigenvalue weighted by Gasteiger charge is 2.01. The summed E-state index contributed by atoms with van der Waals surface area (Å²) in [5.41, 5.74) is 2.97. The number of rotatable bonds is 5. The van der Waals surface area contributed by atoms with Gasteiger partial charge in [0.2, 0.25) is 11.8 Å². The minimum atomic E-state index is -0.248. The molecule has 1 heterocycles. The van der Waals surface area contributed by atoms with Crippen LogP contribution >= 0.6 is 0 Å². The standard InChI is InChI=1S/C18H21N3O2/c1-14-6-8-16(9-7-14)13-21-12-4-3-5-17(21)20-18(23)10-11-19-15(2)22/h3-9,12H,10-11,13H2,1-2H3,(H,19,22). The van der Waals surface area contributed by atoms with Crippen molar-refractivity contribution in [2.75, 3.05) is 6.54 Å². The number of aromatic nitrogens is 1. The predicted octanol–water partition coefficient (Wildman–Crippen LogP) is 1.80. The van der Waals surface area contributed by atoms with Crippen molar-refractivity contribution in [3.8, 4) is 0 Å². The second kappa shape index (κ2) is 8.08. The third-order valence-corrected chi connectivity index (χ3v) is 3.34. The van der Waals surface area contributed by atoms with Crippen molar-refractivity contribution in [1.29, 1.82) is 0 Å². The molecule has 0 saturated carbocycles. The molecule has 0 aliphatic heterocycles. The third-order valence-electron chi connectivity index (χ3n) is 3.34. The van der Waals surface area contributed by atoms with Gasteiger partial charge in [-0.05, 0) is 24.6 Å². The molecule has 0 fully saturated rings. The maximum Gasteiger partial charge on any atom is 0.249 e. The maximum atomic E-state index is 11.9. The molecule has 0 aliphatic rings. The number of aryl methyl sites for hydroxylation is 1. The first-order valence-electron chi connectivity index (χ1n) is 7.57. The lowest BCUT2D eigenvalue weighted by molar-refractivity contribution is -0.119. The molecule has 0 spiro atoms. The SMILES string of the molecule is CC(=O)NCCC(=O)N=c1ccccn1Cc1ccc(C)cc1. The van der Waals surface area contributed by atoms with Crippen LogP contribution < -0.4 is 10.8 Å². The average molecular weight is 311 g/mol. The summed E-state index contributed by atoms with van der Waals surface area (Å²) in [7, 11) is 0. The minimum absolute atomic E-state index is 0.146. The number of carbonyl (C=O) groups is 2. The zero-order valence-corrected chi connectivity index (χ0v) is 13.5. The Hall–Kier alpha value is -2.69. The summed E-state index contributed by atoms with van der Waals surface area (Å²) in [6.07, 6.45) is 2.10. The summed E-state index contributed by atoms with van der Waals surface area (Å²) in [4.78, 5) is 26.9. The molecule has 0 unspecified atom stereocenters. The molecule has 23 heavy (non-hydrogen) atoms. The third kappa shape index (κ3) is 5.54. The zero-order valence-electron chi connectivity index (χ0n) is 13.5. The number of amides is 2. The molecule has 0 bridgehead atoms. The largest absolute Gasteiger partial charge is 0.356 e. The maximum absolute atomic E-state index is 11.9. The molecule has 2 rings (SSSR count). The van der Waals surface area contributed by atoms with Crippen LogP contribution in [0.1, 0.15) is 24.5 Å². The fourth-order valence-corrected chi connectivity index (χ4v) is 2.12. The lowest BCUT2D eigenvalue weighted by Crippen LogP contribution is -2.25. The normalized spacial score (nSPS) is 11.3. The Bertz CT molecular complexity index is 745. The highest BCUT2D eigenvalue weighted by molar-refractivity contribution is 5.78. The van der Waals surface area contributed by atoms with Crippen LogP contribution in [0.15, 0.2) is 53.7 Å². The monoisotopic (exact) mass is 311 g/mol. The fraction of sp³-hybridized carbons (Fsp3) is 0.278. The van der Waals surface area contributed by atoms with E-state index in [2.05, 4.69) is 34.6 Å². The fourth-order valence-electron chi connectivity index (χ4n) is 2.12. The number of pyridine rings is 1. The Labute approximate surface area is 135 Å². The van der Waals surface area contributed by atoms with Gasteiger partial charge in [-0.15, -0.1) is 0 Å². The van der Waals surface area contributed by atoms with E-state index >= 15 is 0 Å². The van der Waals surface area contributed by atoms with Gasteiger partial charge in [-0.1, -0.05) is 35.9 Å². The lowest BCUT2D eigenvalue weighted by atomic mass is 10.1. The van der Waals surface area contributed by atoms with Crippen molar-refractivity contribution >= 4 is 11.8 Å². The molecule has 2 aromatic rings. The quantitative estimate of drug-likeness (QED) is 0.915. The van der Waals surface area contributed by atoms with Gasteiger partial charge in [-0.2, -0.15) is 4.99 Å². The van der Waals surface area contributed by atoms with Crippen molar-refractivity contribution in [2.45, 2.75) is 26.8 Å². The predicted molar refractivity (Wildman–Crippen MR) is 88.6 cm³/mol. The van der Waals surface area contributed by atoms with Crippen LogP contribution in [-0.2, 0) is 16.1 Å². The van der Waals surface area contributed by atoms with Gasteiger partial charge in [0, 0.05) is 32.6 Å². The Balaban J connectivity index is 2.13. The zero-order chi connectivity index (χ0) is 16.7. The first-order chi connectivity index (χ1) is 11.0. The highest BCUT2D eigenvalue weighted by atomic mass is 16.2. The van der Waals surface area contributed by atoms with E-state index in [1.807, 2.05) is 35.9 Å². The number of nitrogens with zero attached hydrogens (tertiary/aromatic N) is 2. The summed E-state index contributed by atoms with van der Waals surface area (Å²) in [5, 5.41) is 2.60. The van der Waals surface area contributed by atoms with Gasteiger partial charge in [-0.25, -0.2) is 0 Å². The molecule has 0 saturated heterocycles. The van der Waals surface area contributed by atoms with E-state index in [4.69, 9.17) is 0 Å². The van der Waals surface area contributed by atoms with Gasteiger partial charge in [0.25, 0.3) is 0 Å². The molecular formula is C18H21N3O2. The van der Waals surface area contributed by atoms with E-state index in [0.717, 1.165) is 5.56 Å². The number of benzene rings is 1. The molecule has 0 atom stereocenters. The molecule has 1 aromatic heterocycles. The van der Waals surface area contributed by atoms with E-state index in [0.29, 0.717) is 18.6 Å². The first kappa shape index (κ1) is 16.7. The van der Waals surface area contributed by atoms with Gasteiger partial charge >= 0.3 is 0 Å². The van der Waals surface area contributed by atoms with Gasteiger partial charge in [-0.3, -0.25) is 9.59 Å². The number of hydrogen-bond acceptors (Lipinski definition) is 2. The van der Waals surface area contributed by atoms with Gasteiger partial charge in [0.15, 0.2) is 0 Å². The van der Waals surface area contributed by atoms with E-state index in [1.54, 1.807) is 0 Å². The Morgan fingerprint density at radius 2 is 1.87 bits per heavy atom. The summed E-state index contributed by atoms with van der Waals surface area (Å²) in [6, 6.07) is 13.8. The Kier molecular flexibility index (Phi) is 5.86. The van der Waals surface area contributed by atoms with Crippen molar-refractivity contribution in [2.24, 2.45) is 4.99 Å². The molecule has 1 aromatic carbocycles. The Morgan fingerprint density at radius 1 is 1.13 bits per heavy atom. The van der Waals surface area contributed by atoms with Crippen molar-refractivity contribution in [1.82, 2.24) is 9.88 Å². The van der Waals surface area contributed by atoms with Crippen LogP contribution in [0.2, 0.25) is 0 Å². The topological polar surface area (TPSA) is 63.5 Å². The summed E-state index contributed by atoms with van der Waals surface area (Å²) < 4.78 is 1.93. The van der Waals surface area contributed by atoms with Crippen LogP contribution in [0.25, 0.3) is 0 Å². The van der Waals surface area contributed by atoms with Crippen LogP contribution in [0, 0.1) is 6.92 Å². The summed E-state index contributed by atoms with van der Waals surface area (Å²) in [5.74, 6) is -0.394. The molecule has 5 heteroatoms. The van der Waals surface area contributed by atoms with Gasteiger partial charge < -0.3 is 9.88 Å². The second-order valence-electron chi connectivity index (χ2n) is 5.41. The van der Waals surface area contributed by atoms with E-state index < -0.39 is 0 Å². The van der Waals surface area contributed by atoms with Crippen molar-refractivity contribution in [3.05, 3.63) is 65.3 Å². The van der Waals surface area contributed by atoms with Crippen LogP contribution in [-0.4, -0.2) is 22.9 Å². The Morgan fingerprint density at radius 3 is 2.57 bits per heavy atom. The molecule has 0 radical (unpaired) electrons.